The summed E-state index contributed by atoms with van der Waals surface area (Å²) in [5, 5.41) is 17.1. The third kappa shape index (κ3) is 9.21. The van der Waals surface area contributed by atoms with Crippen LogP contribution in [0.1, 0.15) is 157 Å². The second kappa shape index (κ2) is 18.7. The third-order valence-corrected chi connectivity index (χ3v) is 22.6. The number of esters is 1. The first kappa shape index (κ1) is 53.3. The minimum Gasteiger partial charge on any atom is -0.491 e. The van der Waals surface area contributed by atoms with Crippen molar-refractivity contribution in [1.29, 1.82) is 0 Å². The SMILES string of the molecule is CC(C)C1=C2[C@H]3CC[C@@H]4[C@@]5(C)CC[C@H](OC(=O)[C@H]6C[C@@H](C(=O)O)C6(C)C)C(C)(C)[C@@H]5CC[C@@]4(C)[C@]3(C)CC[C@@]2(CCNCC(C)(C)NC(=O)c2ccc(Cl)cc2OCCN2CCS(=O)(=O)CC2)CC1=O. The Morgan fingerprint density at radius 1 is 0.900 bits per heavy atom. The van der Waals surface area contributed by atoms with E-state index in [1.165, 1.54) is 5.57 Å². The third-order valence-electron chi connectivity index (χ3n) is 20.7. The minimum atomic E-state index is -2.98. The number of benzene rings is 1. The molecule has 0 radical (unpaired) electrons. The van der Waals surface area contributed by atoms with Crippen LogP contribution in [-0.2, 0) is 29.0 Å². The van der Waals surface area contributed by atoms with Gasteiger partial charge < -0.3 is 25.2 Å². The van der Waals surface area contributed by atoms with E-state index in [0.29, 0.717) is 85.5 Å². The topological polar surface area (TPSA) is 168 Å². The average molecular weight is 1010 g/mol. The Morgan fingerprint density at radius 2 is 1.60 bits per heavy atom. The molecule has 1 aliphatic heterocycles. The molecule has 0 bridgehead atoms. The number of Topliss-reactive ketones (excluding diaryl/α,β-unsaturated/α-hetero) is 1. The summed E-state index contributed by atoms with van der Waals surface area (Å²) < 4.78 is 36.3. The van der Waals surface area contributed by atoms with Gasteiger partial charge in [0.25, 0.3) is 5.91 Å². The number of sulfone groups is 1. The number of carbonyl (C=O) groups is 4. The van der Waals surface area contributed by atoms with E-state index < -0.39 is 38.6 Å². The molecule has 0 unspecified atom stereocenters. The summed E-state index contributed by atoms with van der Waals surface area (Å²) in [4.78, 5) is 55.8. The van der Waals surface area contributed by atoms with Crippen LogP contribution in [0.2, 0.25) is 5.02 Å². The van der Waals surface area contributed by atoms with Gasteiger partial charge in [-0.3, -0.25) is 24.1 Å². The highest BCUT2D eigenvalue weighted by atomic mass is 35.5. The molecule has 10 atom stereocenters. The number of ketones is 1. The van der Waals surface area contributed by atoms with E-state index in [-0.39, 0.29) is 62.5 Å². The lowest BCUT2D eigenvalue weighted by Gasteiger charge is -2.72. The van der Waals surface area contributed by atoms with Gasteiger partial charge in [0.05, 0.1) is 28.9 Å². The standard InChI is InChI=1S/C56H84ClN3O9S/c1-34(2)45-40(61)32-56(22-23-58-33-50(3,4)59-47(62)36-13-12-35(57)30-41(36)68-27-24-60-25-28-70(66,67)29-26-60)21-20-54(10)37(46(45)56)14-15-43-53(9)18-17-44(52(7,8)42(53)16-19-55(43,54)11)69-49(65)39-31-38(48(63)64)51(39,5)6/h12-13,30,34,37-39,42-44,58H,14-29,31-33H2,1-11H3,(H,59,62)(H,63,64)/t37-,38+,39-,42+,43-,44+,53+,54-,55-,56-/m1/s1. The Morgan fingerprint density at radius 3 is 2.26 bits per heavy atom. The van der Waals surface area contributed by atoms with Crippen molar-refractivity contribution in [3.05, 3.63) is 39.9 Å². The summed E-state index contributed by atoms with van der Waals surface area (Å²) in [6, 6.07) is 5.02. The number of aliphatic carboxylic acids is 1. The summed E-state index contributed by atoms with van der Waals surface area (Å²) in [6.45, 7) is 27.6. The number of fused-ring (bicyclic) bond motifs is 7. The molecule has 7 aliphatic rings. The van der Waals surface area contributed by atoms with Crippen LogP contribution in [0.25, 0.3) is 0 Å². The molecule has 1 heterocycles. The molecule has 5 saturated carbocycles. The first-order valence-electron chi connectivity index (χ1n) is 26.6. The van der Waals surface area contributed by atoms with Gasteiger partial charge in [-0.05, 0) is 154 Å². The number of hydrogen-bond donors (Lipinski definition) is 3. The van der Waals surface area contributed by atoms with E-state index in [0.717, 1.165) is 69.9 Å². The molecule has 0 aromatic heterocycles. The molecule has 390 valence electrons. The van der Waals surface area contributed by atoms with Crippen molar-refractivity contribution < 1.29 is 42.2 Å². The van der Waals surface area contributed by atoms with E-state index in [1.807, 2.05) is 27.7 Å². The van der Waals surface area contributed by atoms with Gasteiger partial charge in [-0.15, -0.1) is 0 Å². The Bertz CT molecular complexity index is 2380. The summed E-state index contributed by atoms with van der Waals surface area (Å²) >= 11 is 6.35. The smallest absolute Gasteiger partial charge is 0.309 e. The van der Waals surface area contributed by atoms with Crippen LogP contribution in [0.5, 0.6) is 5.75 Å². The fourth-order valence-corrected chi connectivity index (χ4v) is 17.9. The zero-order valence-corrected chi connectivity index (χ0v) is 45.7. The Balaban J connectivity index is 0.918. The van der Waals surface area contributed by atoms with Crippen LogP contribution >= 0.6 is 11.6 Å². The summed E-state index contributed by atoms with van der Waals surface area (Å²) in [5.41, 5.74) is 1.46. The summed E-state index contributed by atoms with van der Waals surface area (Å²) in [6.07, 6.45) is 9.84. The molecule has 1 amide bonds. The second-order valence-electron chi connectivity index (χ2n) is 26.0. The van der Waals surface area contributed by atoms with Crippen molar-refractivity contribution >= 4 is 45.1 Å². The lowest BCUT2D eigenvalue weighted by Crippen LogP contribution is -2.66. The normalized spacial score (nSPS) is 36.5. The quantitative estimate of drug-likeness (QED) is 0.113. The number of allylic oxidation sites excluding steroid dienone is 2. The van der Waals surface area contributed by atoms with E-state index in [2.05, 4.69) is 64.0 Å². The van der Waals surface area contributed by atoms with Gasteiger partial charge in [-0.2, -0.15) is 0 Å². The molecule has 0 spiro atoms. The van der Waals surface area contributed by atoms with Crippen molar-refractivity contribution in [3.8, 4) is 5.75 Å². The van der Waals surface area contributed by atoms with E-state index in [4.69, 9.17) is 21.1 Å². The molecule has 6 aliphatic carbocycles. The van der Waals surface area contributed by atoms with Gasteiger partial charge in [0.2, 0.25) is 0 Å². The maximum Gasteiger partial charge on any atom is 0.309 e. The highest BCUT2D eigenvalue weighted by Gasteiger charge is 2.70. The van der Waals surface area contributed by atoms with Crippen LogP contribution < -0.4 is 15.4 Å². The molecule has 70 heavy (non-hydrogen) atoms. The summed E-state index contributed by atoms with van der Waals surface area (Å²) in [5.74, 6) is 0.123. The molecule has 1 aromatic rings. The van der Waals surface area contributed by atoms with Crippen molar-refractivity contribution in [2.24, 2.45) is 68.0 Å². The number of carboxylic acid groups (broad SMARTS) is 1. The first-order chi connectivity index (χ1) is 32.5. The highest BCUT2D eigenvalue weighted by molar-refractivity contribution is 7.91. The summed E-state index contributed by atoms with van der Waals surface area (Å²) in [7, 11) is -2.98. The number of rotatable bonds is 15. The monoisotopic (exact) mass is 1010 g/mol. The van der Waals surface area contributed by atoms with Crippen molar-refractivity contribution in [2.75, 3.05) is 50.8 Å². The van der Waals surface area contributed by atoms with Crippen molar-refractivity contribution in [1.82, 2.24) is 15.5 Å². The number of nitrogens with one attached hydrogen (secondary N) is 2. The Labute approximate surface area is 423 Å². The van der Waals surface area contributed by atoms with Gasteiger partial charge in [-0.25, -0.2) is 8.42 Å². The molecule has 12 nitrogen and oxygen atoms in total. The lowest BCUT2D eigenvalue weighted by atomic mass is 9.33. The lowest BCUT2D eigenvalue weighted by molar-refractivity contribution is -0.236. The molecule has 6 fully saturated rings. The molecular weight excluding hydrogens is 926 g/mol. The van der Waals surface area contributed by atoms with Crippen LogP contribution in [0.3, 0.4) is 0 Å². The molecule has 1 aromatic carbocycles. The first-order valence-corrected chi connectivity index (χ1v) is 28.8. The number of hydrogen-bond acceptors (Lipinski definition) is 10. The van der Waals surface area contributed by atoms with Gasteiger partial charge in [0.1, 0.15) is 18.5 Å². The van der Waals surface area contributed by atoms with Gasteiger partial charge in [0, 0.05) is 54.0 Å². The number of carbonyl (C=O) groups excluding carboxylic acids is 3. The number of carboxylic acids is 1. The number of halogens is 1. The van der Waals surface area contributed by atoms with Gasteiger partial charge in [-0.1, -0.05) is 79.5 Å². The molecule has 8 rings (SSSR count). The fraction of sp³-hybridized carbons (Fsp3) is 0.786. The predicted octanol–water partition coefficient (Wildman–Crippen LogP) is 9.58. The maximum atomic E-state index is 14.3. The number of amides is 1. The van der Waals surface area contributed by atoms with E-state index in [9.17, 15) is 32.7 Å². The van der Waals surface area contributed by atoms with Crippen LogP contribution in [0.15, 0.2) is 29.3 Å². The fourth-order valence-electron chi connectivity index (χ4n) is 16.4. The molecular formula is C56H84ClN3O9S. The number of ether oxygens (including phenoxy) is 2. The van der Waals surface area contributed by atoms with Crippen molar-refractivity contribution in [2.45, 2.75) is 158 Å². The largest absolute Gasteiger partial charge is 0.491 e. The average Bonchev–Trinajstić information content (AvgIpc) is 3.55. The van der Waals surface area contributed by atoms with E-state index in [1.54, 1.807) is 18.2 Å². The second-order valence-corrected chi connectivity index (χ2v) is 28.8. The highest BCUT2D eigenvalue weighted by Crippen LogP contribution is 2.77. The van der Waals surface area contributed by atoms with Crippen LogP contribution in [0.4, 0.5) is 0 Å². The predicted molar refractivity (Wildman–Crippen MR) is 273 cm³/mol. The molecule has 3 N–H and O–H groups in total. The zero-order valence-electron chi connectivity index (χ0n) is 44.2. The molecule has 14 heteroatoms. The zero-order chi connectivity index (χ0) is 51.2. The van der Waals surface area contributed by atoms with Crippen LogP contribution in [-0.4, -0.2) is 105 Å². The maximum absolute atomic E-state index is 14.3. The van der Waals surface area contributed by atoms with E-state index >= 15 is 0 Å². The Hall–Kier alpha value is -3.00. The van der Waals surface area contributed by atoms with Gasteiger partial charge in [0.15, 0.2) is 15.6 Å². The van der Waals surface area contributed by atoms with Crippen LogP contribution in [0, 0.1) is 68.0 Å². The Kier molecular flexibility index (Phi) is 14.3. The number of nitrogens with zero attached hydrogens (tertiary/aromatic N) is 1. The van der Waals surface area contributed by atoms with Gasteiger partial charge >= 0.3 is 11.9 Å². The minimum absolute atomic E-state index is 0.0259. The molecule has 1 saturated heterocycles. The van der Waals surface area contributed by atoms with Crippen molar-refractivity contribution in [3.63, 3.8) is 0 Å².